The molecule has 3 aromatic rings. The number of nitrogens with zero attached hydrogens (tertiary/aromatic N) is 5. The van der Waals surface area contributed by atoms with Gasteiger partial charge in [-0.1, -0.05) is 26.5 Å². The number of aryl methyl sites for hydroxylation is 1. The summed E-state index contributed by atoms with van der Waals surface area (Å²) in [4.78, 5) is 35.5. The standard InChI is InChI=1S/C24H28N8O3/c1-6-25-22(33)16-11-26-19(29-23(34)32-12-24(2,3)13-32)10-18(16)28-17-9-7-8-15(20(17)35-5)21-27-14-31(4)30-21/h6-11,14H,1,12-13H2,2-5H3,(H,25,33)(H2,26,28,29,34). The first-order valence-corrected chi connectivity index (χ1v) is 11.0. The molecule has 182 valence electrons. The van der Waals surface area contributed by atoms with E-state index in [0.29, 0.717) is 47.4 Å². The Balaban J connectivity index is 1.67. The summed E-state index contributed by atoms with van der Waals surface area (Å²) in [5.41, 5.74) is 2.05. The minimum Gasteiger partial charge on any atom is -0.494 e. The number of carbonyl (C=O) groups excluding carboxylic acids is 2. The van der Waals surface area contributed by atoms with Gasteiger partial charge in [0.1, 0.15) is 12.1 Å². The topological polar surface area (TPSA) is 126 Å². The van der Waals surface area contributed by atoms with Crippen LogP contribution in [0.2, 0.25) is 0 Å². The van der Waals surface area contributed by atoms with E-state index in [1.54, 1.807) is 42.2 Å². The first-order chi connectivity index (χ1) is 16.7. The van der Waals surface area contributed by atoms with Gasteiger partial charge in [-0.05, 0) is 18.3 Å². The van der Waals surface area contributed by atoms with E-state index < -0.39 is 5.91 Å². The van der Waals surface area contributed by atoms with Gasteiger partial charge in [0.2, 0.25) is 0 Å². The molecule has 3 heterocycles. The van der Waals surface area contributed by atoms with E-state index in [4.69, 9.17) is 4.74 Å². The quantitative estimate of drug-likeness (QED) is 0.477. The Hall–Kier alpha value is -4.41. The smallest absolute Gasteiger partial charge is 0.323 e. The van der Waals surface area contributed by atoms with Crippen molar-refractivity contribution in [1.29, 1.82) is 0 Å². The molecule has 11 heteroatoms. The van der Waals surface area contributed by atoms with Crippen molar-refractivity contribution in [3.8, 4) is 17.1 Å². The molecule has 3 N–H and O–H groups in total. The number of benzene rings is 1. The number of methoxy groups -OCH3 is 1. The molecule has 0 spiro atoms. The molecule has 0 saturated carbocycles. The average Bonchev–Trinajstić information content (AvgIpc) is 3.23. The normalized spacial score (nSPS) is 14.0. The van der Waals surface area contributed by atoms with Gasteiger partial charge in [0.25, 0.3) is 5.91 Å². The Kier molecular flexibility index (Phi) is 6.41. The van der Waals surface area contributed by atoms with Gasteiger partial charge in [0.05, 0.1) is 29.6 Å². The van der Waals surface area contributed by atoms with E-state index in [9.17, 15) is 9.59 Å². The van der Waals surface area contributed by atoms with Crippen LogP contribution in [0.15, 0.2) is 49.6 Å². The van der Waals surface area contributed by atoms with Crippen LogP contribution in [0.1, 0.15) is 24.2 Å². The van der Waals surface area contributed by atoms with Gasteiger partial charge in [-0.15, -0.1) is 0 Å². The van der Waals surface area contributed by atoms with Crippen molar-refractivity contribution in [3.63, 3.8) is 0 Å². The molecule has 1 aromatic carbocycles. The van der Waals surface area contributed by atoms with Gasteiger partial charge in [-0.2, -0.15) is 5.10 Å². The molecule has 0 bridgehead atoms. The molecule has 1 aliphatic heterocycles. The lowest BCUT2D eigenvalue weighted by Crippen LogP contribution is -2.56. The van der Waals surface area contributed by atoms with E-state index in [0.717, 1.165) is 0 Å². The average molecular weight is 477 g/mol. The second-order valence-electron chi connectivity index (χ2n) is 9.00. The van der Waals surface area contributed by atoms with Crippen molar-refractivity contribution in [2.24, 2.45) is 12.5 Å². The highest BCUT2D eigenvalue weighted by molar-refractivity contribution is 6.02. The molecule has 0 aliphatic carbocycles. The Morgan fingerprint density at radius 3 is 2.60 bits per heavy atom. The number of urea groups is 1. The second kappa shape index (κ2) is 9.45. The summed E-state index contributed by atoms with van der Waals surface area (Å²) in [7, 11) is 3.33. The molecule has 0 unspecified atom stereocenters. The zero-order chi connectivity index (χ0) is 25.2. The molecule has 1 saturated heterocycles. The Morgan fingerprint density at radius 1 is 1.20 bits per heavy atom. The first-order valence-electron chi connectivity index (χ1n) is 11.0. The van der Waals surface area contributed by atoms with Crippen molar-refractivity contribution in [2.45, 2.75) is 13.8 Å². The number of para-hydroxylation sites is 1. The molecular formula is C24H28N8O3. The molecule has 2 aromatic heterocycles. The van der Waals surface area contributed by atoms with E-state index in [2.05, 4.69) is 51.4 Å². The largest absolute Gasteiger partial charge is 0.494 e. The van der Waals surface area contributed by atoms with E-state index in [-0.39, 0.29) is 17.0 Å². The zero-order valence-corrected chi connectivity index (χ0v) is 20.1. The lowest BCUT2D eigenvalue weighted by Gasteiger charge is -2.45. The van der Waals surface area contributed by atoms with Crippen LogP contribution >= 0.6 is 0 Å². The third-order valence-electron chi connectivity index (χ3n) is 5.47. The highest BCUT2D eigenvalue weighted by atomic mass is 16.5. The third kappa shape index (κ3) is 5.08. The predicted octanol–water partition coefficient (Wildman–Crippen LogP) is 3.38. The Morgan fingerprint density at radius 2 is 1.97 bits per heavy atom. The maximum absolute atomic E-state index is 12.7. The maximum atomic E-state index is 12.7. The summed E-state index contributed by atoms with van der Waals surface area (Å²) in [5, 5.41) is 13.0. The van der Waals surface area contributed by atoms with E-state index in [1.165, 1.54) is 12.4 Å². The molecule has 11 nitrogen and oxygen atoms in total. The predicted molar refractivity (Wildman–Crippen MR) is 133 cm³/mol. The van der Waals surface area contributed by atoms with Crippen LogP contribution in [-0.4, -0.2) is 56.8 Å². The summed E-state index contributed by atoms with van der Waals surface area (Å²) in [6, 6.07) is 6.84. The molecule has 0 radical (unpaired) electrons. The molecular weight excluding hydrogens is 448 g/mol. The summed E-state index contributed by atoms with van der Waals surface area (Å²) in [6.45, 7) is 9.08. The monoisotopic (exact) mass is 476 g/mol. The summed E-state index contributed by atoms with van der Waals surface area (Å²) < 4.78 is 7.27. The number of ether oxygens (including phenoxy) is 1. The zero-order valence-electron chi connectivity index (χ0n) is 20.1. The number of carbonyl (C=O) groups is 2. The van der Waals surface area contributed by atoms with Gasteiger partial charge in [0, 0.05) is 37.8 Å². The lowest BCUT2D eigenvalue weighted by molar-refractivity contribution is 0.0687. The summed E-state index contributed by atoms with van der Waals surface area (Å²) >= 11 is 0. The SMILES string of the molecule is C=CNC(=O)c1cnc(NC(=O)N2CC(C)(C)C2)cc1Nc1cccc(-c2ncn(C)n2)c1OC. The van der Waals surface area contributed by atoms with Crippen LogP contribution < -0.4 is 20.7 Å². The fraction of sp³-hybridized carbons (Fsp3) is 0.292. The van der Waals surface area contributed by atoms with Crippen LogP contribution in [0.4, 0.5) is 22.0 Å². The minimum atomic E-state index is -0.404. The van der Waals surface area contributed by atoms with E-state index >= 15 is 0 Å². The number of likely N-dealkylation sites (tertiary alicyclic amines) is 1. The van der Waals surface area contributed by atoms with Gasteiger partial charge in [-0.3, -0.25) is 14.8 Å². The number of rotatable bonds is 7. The minimum absolute atomic E-state index is 0.105. The fourth-order valence-electron chi connectivity index (χ4n) is 3.94. The summed E-state index contributed by atoms with van der Waals surface area (Å²) in [5.74, 6) is 0.898. The van der Waals surface area contributed by atoms with Crippen LogP contribution in [0.5, 0.6) is 5.75 Å². The number of anilines is 3. The molecule has 1 aliphatic rings. The van der Waals surface area contributed by atoms with Crippen molar-refractivity contribution in [3.05, 3.63) is 55.1 Å². The van der Waals surface area contributed by atoms with Crippen molar-refractivity contribution >= 4 is 29.1 Å². The molecule has 0 atom stereocenters. The fourth-order valence-corrected chi connectivity index (χ4v) is 3.94. The van der Waals surface area contributed by atoms with Gasteiger partial charge in [0.15, 0.2) is 11.6 Å². The highest BCUT2D eigenvalue weighted by Gasteiger charge is 2.37. The Labute approximate surface area is 203 Å². The number of hydrogen-bond acceptors (Lipinski definition) is 7. The van der Waals surface area contributed by atoms with Crippen molar-refractivity contribution in [2.75, 3.05) is 30.8 Å². The highest BCUT2D eigenvalue weighted by Crippen LogP contribution is 2.37. The number of pyridine rings is 1. The van der Waals surface area contributed by atoms with Gasteiger partial charge in [-0.25, -0.2) is 14.8 Å². The first kappa shape index (κ1) is 23.7. The molecule has 1 fully saturated rings. The van der Waals surface area contributed by atoms with Crippen LogP contribution in [0.3, 0.4) is 0 Å². The molecule has 35 heavy (non-hydrogen) atoms. The Bertz CT molecular complexity index is 1280. The lowest BCUT2D eigenvalue weighted by atomic mass is 9.85. The van der Waals surface area contributed by atoms with Gasteiger partial charge >= 0.3 is 6.03 Å². The van der Waals surface area contributed by atoms with Crippen LogP contribution in [-0.2, 0) is 7.05 Å². The summed E-state index contributed by atoms with van der Waals surface area (Å²) in [6.07, 6.45) is 4.29. The van der Waals surface area contributed by atoms with Crippen LogP contribution in [0.25, 0.3) is 11.4 Å². The maximum Gasteiger partial charge on any atom is 0.323 e. The number of hydrogen-bond donors (Lipinski definition) is 3. The molecule has 4 rings (SSSR count). The van der Waals surface area contributed by atoms with Crippen molar-refractivity contribution < 1.29 is 14.3 Å². The number of nitrogens with one attached hydrogen (secondary N) is 3. The number of amides is 3. The third-order valence-corrected chi connectivity index (χ3v) is 5.47. The second-order valence-corrected chi connectivity index (χ2v) is 9.00. The number of aromatic nitrogens is 4. The van der Waals surface area contributed by atoms with Gasteiger partial charge < -0.3 is 20.3 Å². The van der Waals surface area contributed by atoms with Crippen molar-refractivity contribution in [1.82, 2.24) is 30.0 Å². The molecule has 3 amide bonds. The van der Waals surface area contributed by atoms with Crippen LogP contribution in [0, 0.1) is 5.41 Å². The van der Waals surface area contributed by atoms with E-state index in [1.807, 2.05) is 12.1 Å².